The van der Waals surface area contributed by atoms with Crippen LogP contribution in [0.15, 0.2) is 24.3 Å². The minimum Gasteiger partial charge on any atom is -0.331 e. The number of rotatable bonds is 3. The van der Waals surface area contributed by atoms with E-state index < -0.39 is 7.29 Å². The molecule has 3 rings (SSSR count). The van der Waals surface area contributed by atoms with E-state index in [1.165, 1.54) is 29.0 Å². The fourth-order valence-electron chi connectivity index (χ4n) is 2.44. The Hall–Kier alpha value is -1.12. The number of anilines is 1. The maximum absolute atomic E-state index is 12.9. The lowest BCUT2D eigenvalue weighted by atomic mass is 10.0. The minimum atomic E-state index is -2.63. The van der Waals surface area contributed by atoms with Crippen molar-refractivity contribution in [2.24, 2.45) is 0 Å². The van der Waals surface area contributed by atoms with Crippen LogP contribution in [-0.2, 0) is 17.4 Å². The SMILES string of the molecule is Cc1ccc(NP(C)(=O)c2nc3c(s2)CCCC3)cc1. The van der Waals surface area contributed by atoms with Crippen molar-refractivity contribution in [3.8, 4) is 0 Å². The Bertz CT molecular complexity index is 640. The summed E-state index contributed by atoms with van der Waals surface area (Å²) < 4.78 is 13.7. The second-order valence-corrected chi connectivity index (χ2v) is 9.36. The summed E-state index contributed by atoms with van der Waals surface area (Å²) in [6, 6.07) is 7.99. The molecule has 0 bridgehead atoms. The Morgan fingerprint density at radius 1 is 1.20 bits per heavy atom. The third-order valence-corrected chi connectivity index (χ3v) is 7.39. The maximum Gasteiger partial charge on any atom is 0.223 e. The first-order valence-electron chi connectivity index (χ1n) is 6.96. The van der Waals surface area contributed by atoms with Gasteiger partial charge in [-0.15, -0.1) is 11.3 Å². The van der Waals surface area contributed by atoms with Crippen molar-refractivity contribution in [2.45, 2.75) is 32.6 Å². The van der Waals surface area contributed by atoms with Crippen LogP contribution in [-0.4, -0.2) is 11.6 Å². The zero-order valence-electron chi connectivity index (χ0n) is 11.8. The second kappa shape index (κ2) is 5.34. The van der Waals surface area contributed by atoms with Gasteiger partial charge >= 0.3 is 0 Å². The average molecular weight is 306 g/mol. The van der Waals surface area contributed by atoms with Crippen molar-refractivity contribution in [1.29, 1.82) is 0 Å². The van der Waals surface area contributed by atoms with E-state index in [1.54, 1.807) is 18.0 Å². The average Bonchev–Trinajstić information content (AvgIpc) is 2.86. The summed E-state index contributed by atoms with van der Waals surface area (Å²) in [4.78, 5) is 5.96. The number of hydrogen-bond acceptors (Lipinski definition) is 3. The van der Waals surface area contributed by atoms with Crippen molar-refractivity contribution in [3.05, 3.63) is 40.4 Å². The predicted molar refractivity (Wildman–Crippen MR) is 86.7 cm³/mol. The third-order valence-electron chi connectivity index (χ3n) is 3.59. The molecule has 0 saturated carbocycles. The molecular weight excluding hydrogens is 287 g/mol. The van der Waals surface area contributed by atoms with E-state index in [1.807, 2.05) is 31.2 Å². The number of nitrogens with zero attached hydrogens (tertiary/aromatic N) is 1. The summed E-state index contributed by atoms with van der Waals surface area (Å²) in [7, 11) is -2.63. The fraction of sp³-hybridized carbons (Fsp3) is 0.400. The van der Waals surface area contributed by atoms with E-state index in [4.69, 9.17) is 0 Å². The highest BCUT2D eigenvalue weighted by Gasteiger charge is 2.26. The first kappa shape index (κ1) is 13.8. The second-order valence-electron chi connectivity index (χ2n) is 5.48. The molecule has 1 aliphatic carbocycles. The van der Waals surface area contributed by atoms with Crippen LogP contribution in [0.2, 0.25) is 0 Å². The molecule has 1 aromatic carbocycles. The molecule has 1 aliphatic rings. The molecule has 1 unspecified atom stereocenters. The number of nitrogens with one attached hydrogen (secondary N) is 1. The van der Waals surface area contributed by atoms with Gasteiger partial charge in [0.1, 0.15) is 0 Å². The topological polar surface area (TPSA) is 42.0 Å². The molecular formula is C15H19N2OPS. The van der Waals surface area contributed by atoms with Crippen molar-refractivity contribution in [3.63, 3.8) is 0 Å². The van der Waals surface area contributed by atoms with E-state index >= 15 is 0 Å². The lowest BCUT2D eigenvalue weighted by Gasteiger charge is -2.13. The first-order chi connectivity index (χ1) is 9.54. The Labute approximate surface area is 123 Å². The molecule has 0 amide bonds. The molecule has 5 heteroatoms. The van der Waals surface area contributed by atoms with E-state index in [-0.39, 0.29) is 0 Å². The molecule has 20 heavy (non-hydrogen) atoms. The Balaban J connectivity index is 1.85. The van der Waals surface area contributed by atoms with Crippen molar-refractivity contribution >= 4 is 29.1 Å². The largest absolute Gasteiger partial charge is 0.331 e. The molecule has 2 aromatic rings. The van der Waals surface area contributed by atoms with E-state index in [9.17, 15) is 4.57 Å². The smallest absolute Gasteiger partial charge is 0.223 e. The quantitative estimate of drug-likeness (QED) is 0.872. The van der Waals surface area contributed by atoms with Crippen LogP contribution in [0.3, 0.4) is 0 Å². The predicted octanol–water partition coefficient (Wildman–Crippen LogP) is 3.98. The number of fused-ring (bicyclic) bond motifs is 1. The molecule has 3 nitrogen and oxygen atoms in total. The summed E-state index contributed by atoms with van der Waals surface area (Å²) >= 11 is 1.63. The molecule has 0 fully saturated rings. The van der Waals surface area contributed by atoms with Crippen LogP contribution < -0.4 is 9.84 Å². The molecule has 0 radical (unpaired) electrons. The normalized spacial score (nSPS) is 17.3. The number of benzene rings is 1. The zero-order valence-corrected chi connectivity index (χ0v) is 13.6. The highest BCUT2D eigenvalue weighted by atomic mass is 32.1. The standard InChI is InChI=1S/C15H19N2OPS/c1-11-7-9-12(10-8-11)17-19(2,18)15-16-13-5-3-4-6-14(13)20-15/h7-10H,3-6H2,1-2H3,(H,17,18). The lowest BCUT2D eigenvalue weighted by Crippen LogP contribution is -2.10. The first-order valence-corrected chi connectivity index (χ1v) is 9.93. The van der Waals surface area contributed by atoms with Gasteiger partial charge in [0.05, 0.1) is 5.69 Å². The fourth-order valence-corrected chi connectivity index (χ4v) is 5.54. The van der Waals surface area contributed by atoms with Gasteiger partial charge in [-0.05, 0) is 44.7 Å². The van der Waals surface area contributed by atoms with Gasteiger partial charge in [0.2, 0.25) is 7.29 Å². The summed E-state index contributed by atoms with van der Waals surface area (Å²) in [5, 5.41) is 3.17. The summed E-state index contributed by atoms with van der Waals surface area (Å²) in [5.41, 5.74) is 3.27. The highest BCUT2D eigenvalue weighted by Crippen LogP contribution is 2.42. The Morgan fingerprint density at radius 3 is 2.60 bits per heavy atom. The molecule has 0 aliphatic heterocycles. The molecule has 106 valence electrons. The Kier molecular flexibility index (Phi) is 3.70. The van der Waals surface area contributed by atoms with Crippen LogP contribution in [0.1, 0.15) is 29.0 Å². The number of aromatic nitrogens is 1. The van der Waals surface area contributed by atoms with Gasteiger partial charge in [0.15, 0.2) is 4.75 Å². The number of thiazole rings is 1. The van der Waals surface area contributed by atoms with Gasteiger partial charge in [-0.3, -0.25) is 4.57 Å². The molecule has 1 aromatic heterocycles. The van der Waals surface area contributed by atoms with Crippen LogP contribution in [0.25, 0.3) is 0 Å². The van der Waals surface area contributed by atoms with Gasteiger partial charge < -0.3 is 5.09 Å². The Morgan fingerprint density at radius 2 is 1.90 bits per heavy atom. The zero-order chi connectivity index (χ0) is 14.2. The summed E-state index contributed by atoms with van der Waals surface area (Å²) in [6.45, 7) is 3.82. The molecule has 1 atom stereocenters. The van der Waals surface area contributed by atoms with Gasteiger partial charge in [-0.1, -0.05) is 17.7 Å². The minimum absolute atomic E-state index is 0.768. The van der Waals surface area contributed by atoms with E-state index in [0.29, 0.717) is 0 Å². The highest BCUT2D eigenvalue weighted by molar-refractivity contribution is 7.77. The molecule has 1 heterocycles. The summed E-state index contributed by atoms with van der Waals surface area (Å²) in [6.07, 6.45) is 4.57. The van der Waals surface area contributed by atoms with Gasteiger partial charge in [-0.2, -0.15) is 0 Å². The molecule has 0 spiro atoms. The van der Waals surface area contributed by atoms with Gasteiger partial charge in [0, 0.05) is 17.2 Å². The molecule has 1 N–H and O–H groups in total. The van der Waals surface area contributed by atoms with Crippen molar-refractivity contribution in [2.75, 3.05) is 11.8 Å². The van der Waals surface area contributed by atoms with E-state index in [0.717, 1.165) is 23.3 Å². The van der Waals surface area contributed by atoms with Crippen molar-refractivity contribution < 1.29 is 4.57 Å². The third kappa shape index (κ3) is 2.82. The van der Waals surface area contributed by atoms with Gasteiger partial charge in [-0.25, -0.2) is 4.98 Å². The van der Waals surface area contributed by atoms with Crippen LogP contribution in [0, 0.1) is 6.92 Å². The van der Waals surface area contributed by atoms with Crippen molar-refractivity contribution in [1.82, 2.24) is 4.98 Å². The van der Waals surface area contributed by atoms with Crippen LogP contribution in [0.4, 0.5) is 5.69 Å². The lowest BCUT2D eigenvalue weighted by molar-refractivity contribution is 0.587. The maximum atomic E-state index is 12.9. The number of hydrogen-bond donors (Lipinski definition) is 1. The van der Waals surface area contributed by atoms with Gasteiger partial charge in [0.25, 0.3) is 0 Å². The number of aryl methyl sites for hydroxylation is 3. The van der Waals surface area contributed by atoms with E-state index in [2.05, 4.69) is 10.1 Å². The monoisotopic (exact) mass is 306 g/mol. The van der Waals surface area contributed by atoms with Crippen LogP contribution >= 0.6 is 18.6 Å². The van der Waals surface area contributed by atoms with Crippen LogP contribution in [0.5, 0.6) is 0 Å². The molecule has 0 saturated heterocycles. The summed E-state index contributed by atoms with van der Waals surface area (Å²) in [5.74, 6) is 0.